The first-order chi connectivity index (χ1) is 8.56. The summed E-state index contributed by atoms with van der Waals surface area (Å²) in [5.74, 6) is -0.0654. The van der Waals surface area contributed by atoms with Crippen molar-refractivity contribution < 1.29 is 14.3 Å². The van der Waals surface area contributed by atoms with Crippen LogP contribution in [0.25, 0.3) is 0 Å². The Morgan fingerprint density at radius 1 is 1.50 bits per heavy atom. The number of imide groups is 1. The van der Waals surface area contributed by atoms with E-state index in [2.05, 4.69) is 0 Å². The number of ether oxygens (including phenoxy) is 1. The molecule has 1 aliphatic heterocycles. The lowest BCUT2D eigenvalue weighted by atomic mass is 10.1. The van der Waals surface area contributed by atoms with Gasteiger partial charge in [0, 0.05) is 6.08 Å². The molecule has 0 saturated heterocycles. The summed E-state index contributed by atoms with van der Waals surface area (Å²) in [4.78, 5) is 25.3. The molecule has 0 aromatic heterocycles. The molecule has 0 aromatic carbocycles. The third-order valence-electron chi connectivity index (χ3n) is 3.10. The molecule has 5 heteroatoms. The smallest absolute Gasteiger partial charge is 0.257 e. The molecule has 0 aromatic rings. The van der Waals surface area contributed by atoms with Crippen LogP contribution in [-0.2, 0) is 14.3 Å². The zero-order valence-electron chi connectivity index (χ0n) is 11.3. The van der Waals surface area contributed by atoms with Crippen LogP contribution >= 0.6 is 0 Å². The lowest BCUT2D eigenvalue weighted by Gasteiger charge is -2.26. The van der Waals surface area contributed by atoms with Crippen molar-refractivity contribution in [2.24, 2.45) is 5.73 Å². The minimum Gasteiger partial charge on any atom is -0.499 e. The second-order valence-corrected chi connectivity index (χ2v) is 4.50. The molecule has 0 aliphatic carbocycles. The highest BCUT2D eigenvalue weighted by molar-refractivity contribution is 6.05. The van der Waals surface area contributed by atoms with Gasteiger partial charge in [0.15, 0.2) is 0 Å². The van der Waals surface area contributed by atoms with Crippen LogP contribution in [0.5, 0.6) is 0 Å². The van der Waals surface area contributed by atoms with Gasteiger partial charge in [0.1, 0.15) is 5.76 Å². The van der Waals surface area contributed by atoms with Gasteiger partial charge in [0.25, 0.3) is 5.91 Å². The molecule has 5 nitrogen and oxygen atoms in total. The van der Waals surface area contributed by atoms with Crippen LogP contribution in [0.1, 0.15) is 39.5 Å². The minimum absolute atomic E-state index is 0.289. The Hall–Kier alpha value is -1.36. The molecule has 2 atom stereocenters. The molecule has 1 rings (SSSR count). The molecule has 0 fully saturated rings. The minimum atomic E-state index is -0.608. The number of nitrogens with zero attached hydrogens (tertiary/aromatic N) is 1. The zero-order valence-corrected chi connectivity index (χ0v) is 11.3. The van der Waals surface area contributed by atoms with Gasteiger partial charge in [-0.2, -0.15) is 0 Å². The average Bonchev–Trinajstić information content (AvgIpc) is 2.65. The normalized spacial score (nSPS) is 20.9. The van der Waals surface area contributed by atoms with E-state index in [-0.39, 0.29) is 17.9 Å². The number of rotatable bonds is 6. The van der Waals surface area contributed by atoms with Gasteiger partial charge in [-0.3, -0.25) is 14.5 Å². The number of nitrogens with two attached hydrogens (primary N) is 1. The number of hydrogen-bond acceptors (Lipinski definition) is 4. The lowest BCUT2D eigenvalue weighted by Crippen LogP contribution is -2.49. The highest BCUT2D eigenvalue weighted by Crippen LogP contribution is 2.25. The molecule has 102 valence electrons. The summed E-state index contributed by atoms with van der Waals surface area (Å²) >= 11 is 0. The van der Waals surface area contributed by atoms with E-state index >= 15 is 0 Å². The van der Waals surface area contributed by atoms with E-state index in [9.17, 15) is 9.59 Å². The largest absolute Gasteiger partial charge is 0.499 e. The van der Waals surface area contributed by atoms with E-state index < -0.39 is 6.04 Å². The van der Waals surface area contributed by atoms with Gasteiger partial charge in [-0.05, 0) is 12.8 Å². The third-order valence-corrected chi connectivity index (χ3v) is 3.10. The molecule has 1 aliphatic rings. The highest BCUT2D eigenvalue weighted by Gasteiger charge is 2.39. The van der Waals surface area contributed by atoms with E-state index in [0.717, 1.165) is 12.8 Å². The topological polar surface area (TPSA) is 72.6 Å². The number of carbonyl (C=O) groups excluding carboxylic acids is 2. The Bertz CT molecular complexity index is 352. The fourth-order valence-electron chi connectivity index (χ4n) is 2.18. The van der Waals surface area contributed by atoms with Crippen LogP contribution in [0.2, 0.25) is 0 Å². The number of carbonyl (C=O) groups is 2. The first-order valence-corrected chi connectivity index (χ1v) is 6.44. The van der Waals surface area contributed by atoms with Crippen molar-refractivity contribution in [3.63, 3.8) is 0 Å². The van der Waals surface area contributed by atoms with Gasteiger partial charge in [0.2, 0.25) is 5.91 Å². The van der Waals surface area contributed by atoms with E-state index in [1.807, 2.05) is 13.8 Å². The Balaban J connectivity index is 2.86. The standard InChI is InChI=1S/C13H22N2O3/c1-4-6-9(14)13(17)15-10(7-5-2)11(18-3)8-12(15)16/h8-10H,4-7,14H2,1-3H3/t9-,10-/m0/s1. The molecule has 2 N–H and O–H groups in total. The molecule has 0 radical (unpaired) electrons. The van der Waals surface area contributed by atoms with Crippen molar-refractivity contribution in [1.29, 1.82) is 0 Å². The summed E-state index contributed by atoms with van der Waals surface area (Å²) in [6, 6.07) is -0.897. The molecular formula is C13H22N2O3. The first-order valence-electron chi connectivity index (χ1n) is 6.44. The third kappa shape index (κ3) is 2.90. The van der Waals surface area contributed by atoms with Gasteiger partial charge in [-0.15, -0.1) is 0 Å². The van der Waals surface area contributed by atoms with Crippen molar-refractivity contribution in [3.05, 3.63) is 11.8 Å². The molecule has 0 bridgehead atoms. The maximum Gasteiger partial charge on any atom is 0.257 e. The molecule has 18 heavy (non-hydrogen) atoms. The Morgan fingerprint density at radius 2 is 2.17 bits per heavy atom. The van der Waals surface area contributed by atoms with E-state index in [1.54, 1.807) is 0 Å². The second-order valence-electron chi connectivity index (χ2n) is 4.50. The van der Waals surface area contributed by atoms with Crippen molar-refractivity contribution >= 4 is 11.8 Å². The average molecular weight is 254 g/mol. The van der Waals surface area contributed by atoms with E-state index in [4.69, 9.17) is 10.5 Å². The lowest BCUT2D eigenvalue weighted by molar-refractivity contribution is -0.144. The van der Waals surface area contributed by atoms with Gasteiger partial charge in [-0.1, -0.05) is 26.7 Å². The SMILES string of the molecule is CCC[C@H](N)C(=O)N1C(=O)C=C(OC)[C@@H]1CCC. The molecule has 0 saturated carbocycles. The Kier molecular flexibility index (Phi) is 5.34. The summed E-state index contributed by atoms with van der Waals surface area (Å²) in [6.45, 7) is 3.96. The van der Waals surface area contributed by atoms with Gasteiger partial charge in [-0.25, -0.2) is 0 Å². The fourth-order valence-corrected chi connectivity index (χ4v) is 2.18. The molecular weight excluding hydrogens is 232 g/mol. The van der Waals surface area contributed by atoms with Crippen LogP contribution in [0.3, 0.4) is 0 Å². The Labute approximate surface area is 108 Å². The summed E-state index contributed by atoms with van der Waals surface area (Å²) < 4.78 is 5.17. The molecule has 2 amide bonds. The highest BCUT2D eigenvalue weighted by atomic mass is 16.5. The van der Waals surface area contributed by atoms with Crippen molar-refractivity contribution in [1.82, 2.24) is 4.90 Å². The summed E-state index contributed by atoms with van der Waals surface area (Å²) in [6.07, 6.45) is 4.36. The molecule has 0 unspecified atom stereocenters. The number of methoxy groups -OCH3 is 1. The van der Waals surface area contributed by atoms with Crippen LogP contribution in [0.15, 0.2) is 11.8 Å². The maximum atomic E-state index is 12.2. The van der Waals surface area contributed by atoms with Crippen molar-refractivity contribution in [2.75, 3.05) is 7.11 Å². The summed E-state index contributed by atoms with van der Waals surface area (Å²) in [7, 11) is 1.52. The van der Waals surface area contributed by atoms with Crippen LogP contribution in [0.4, 0.5) is 0 Å². The monoisotopic (exact) mass is 254 g/mol. The second kappa shape index (κ2) is 6.54. The van der Waals surface area contributed by atoms with Gasteiger partial charge in [0.05, 0.1) is 19.2 Å². The fraction of sp³-hybridized carbons (Fsp3) is 0.692. The maximum absolute atomic E-state index is 12.2. The van der Waals surface area contributed by atoms with Crippen LogP contribution in [-0.4, -0.2) is 35.9 Å². The van der Waals surface area contributed by atoms with Crippen LogP contribution < -0.4 is 5.73 Å². The van der Waals surface area contributed by atoms with Gasteiger partial charge >= 0.3 is 0 Å². The summed E-state index contributed by atoms with van der Waals surface area (Å²) in [5, 5.41) is 0. The van der Waals surface area contributed by atoms with E-state index in [0.29, 0.717) is 18.6 Å². The van der Waals surface area contributed by atoms with Gasteiger partial charge < -0.3 is 10.5 Å². The quantitative estimate of drug-likeness (QED) is 0.772. The van der Waals surface area contributed by atoms with Crippen molar-refractivity contribution in [2.45, 2.75) is 51.6 Å². The van der Waals surface area contributed by atoms with Crippen LogP contribution in [0, 0.1) is 0 Å². The van der Waals surface area contributed by atoms with E-state index in [1.165, 1.54) is 18.1 Å². The number of amides is 2. The molecule has 1 heterocycles. The molecule has 0 spiro atoms. The predicted octanol–water partition coefficient (Wildman–Crippen LogP) is 1.18. The Morgan fingerprint density at radius 3 is 2.67 bits per heavy atom. The number of hydrogen-bond donors (Lipinski definition) is 1. The summed E-state index contributed by atoms with van der Waals surface area (Å²) in [5.41, 5.74) is 5.81. The predicted molar refractivity (Wildman–Crippen MR) is 68.5 cm³/mol. The zero-order chi connectivity index (χ0) is 13.7. The van der Waals surface area contributed by atoms with Crippen molar-refractivity contribution in [3.8, 4) is 0 Å². The first kappa shape index (κ1) is 14.7.